The molecular formula is C5H8ClN. The number of allylic oxidation sites excluding steroid dienone is 1. The first-order valence-corrected chi connectivity index (χ1v) is 2.46. The molecule has 0 aliphatic heterocycles. The normalized spacial score (nSPS) is 7.57. The van der Waals surface area contributed by atoms with Crippen LogP contribution in [0.1, 0.15) is 0 Å². The molecule has 0 saturated heterocycles. The van der Waals surface area contributed by atoms with Crippen molar-refractivity contribution in [1.29, 1.82) is 0 Å². The largest absolute Gasteiger partial charge is 0.372 e. The Bertz CT molecular complexity index is 78.1. The smallest absolute Gasteiger partial charge is 0.0901 e. The second kappa shape index (κ2) is 3.75. The third kappa shape index (κ3) is 3.40. The van der Waals surface area contributed by atoms with Crippen molar-refractivity contribution < 1.29 is 0 Å². The second-order valence-electron chi connectivity index (χ2n) is 1.04. The molecule has 1 nitrogen and oxygen atoms in total. The van der Waals surface area contributed by atoms with Crippen molar-refractivity contribution in [2.45, 2.75) is 0 Å². The Morgan fingerprint density at radius 1 is 1.86 bits per heavy atom. The topological polar surface area (TPSA) is 12.0 Å². The third-order valence-corrected chi connectivity index (χ3v) is 0.674. The number of hydrogen-bond donors (Lipinski definition) is 1. The molecular weight excluding hydrogens is 110 g/mol. The Balaban J connectivity index is 3.17. The molecule has 0 aromatic carbocycles. The van der Waals surface area contributed by atoms with E-state index in [2.05, 4.69) is 18.5 Å². The molecule has 2 heteroatoms. The van der Waals surface area contributed by atoms with E-state index in [1.165, 1.54) is 0 Å². The van der Waals surface area contributed by atoms with Gasteiger partial charge in [0, 0.05) is 5.70 Å². The summed E-state index contributed by atoms with van der Waals surface area (Å²) >= 11 is 5.26. The summed E-state index contributed by atoms with van der Waals surface area (Å²) in [6.07, 6.45) is 1.61. The Morgan fingerprint density at radius 2 is 2.43 bits per heavy atom. The number of alkyl halides is 1. The summed E-state index contributed by atoms with van der Waals surface area (Å²) < 4.78 is 0. The maximum atomic E-state index is 5.26. The van der Waals surface area contributed by atoms with Crippen molar-refractivity contribution in [2.24, 2.45) is 0 Å². The van der Waals surface area contributed by atoms with Gasteiger partial charge in [-0.05, 0) is 6.08 Å². The van der Waals surface area contributed by atoms with E-state index >= 15 is 0 Å². The molecule has 1 N–H and O–H groups in total. The molecule has 0 unspecified atom stereocenters. The summed E-state index contributed by atoms with van der Waals surface area (Å²) in [5, 5.41) is 2.75. The maximum Gasteiger partial charge on any atom is 0.0901 e. The van der Waals surface area contributed by atoms with Gasteiger partial charge in [0.2, 0.25) is 0 Å². The van der Waals surface area contributed by atoms with E-state index in [1.54, 1.807) is 6.08 Å². The van der Waals surface area contributed by atoms with E-state index in [0.29, 0.717) is 6.00 Å². The minimum atomic E-state index is 0.394. The maximum absolute atomic E-state index is 5.26. The lowest BCUT2D eigenvalue weighted by molar-refractivity contribution is 0.998. The van der Waals surface area contributed by atoms with Crippen LogP contribution in [0.15, 0.2) is 24.9 Å². The van der Waals surface area contributed by atoms with Crippen LogP contribution in [0.5, 0.6) is 0 Å². The molecule has 0 rings (SSSR count). The highest BCUT2D eigenvalue weighted by Gasteiger charge is 1.76. The molecule has 0 saturated carbocycles. The predicted molar refractivity (Wildman–Crippen MR) is 33.2 cm³/mol. The first kappa shape index (κ1) is 6.57. The average molecular weight is 118 g/mol. The van der Waals surface area contributed by atoms with Gasteiger partial charge < -0.3 is 5.32 Å². The predicted octanol–water partition coefficient (Wildman–Crippen LogP) is 1.47. The van der Waals surface area contributed by atoms with Gasteiger partial charge in [-0.2, -0.15) is 0 Å². The molecule has 0 amide bonds. The first-order valence-electron chi connectivity index (χ1n) is 1.92. The molecule has 0 spiro atoms. The lowest BCUT2D eigenvalue weighted by Gasteiger charge is -1.95. The van der Waals surface area contributed by atoms with Crippen LogP contribution in [0.2, 0.25) is 0 Å². The van der Waals surface area contributed by atoms with Crippen LogP contribution in [0.4, 0.5) is 0 Å². The Labute approximate surface area is 48.7 Å². The van der Waals surface area contributed by atoms with Gasteiger partial charge in [0.15, 0.2) is 0 Å². The summed E-state index contributed by atoms with van der Waals surface area (Å²) in [5.41, 5.74) is 0.759. The van der Waals surface area contributed by atoms with Gasteiger partial charge in [-0.1, -0.05) is 13.2 Å². The SMILES string of the molecule is C=CC(=C)NCCl. The first-order chi connectivity index (χ1) is 3.31. The van der Waals surface area contributed by atoms with E-state index < -0.39 is 0 Å². The summed E-state index contributed by atoms with van der Waals surface area (Å²) in [5.74, 6) is 0. The molecule has 0 fully saturated rings. The van der Waals surface area contributed by atoms with E-state index in [9.17, 15) is 0 Å². The minimum Gasteiger partial charge on any atom is -0.372 e. The van der Waals surface area contributed by atoms with E-state index in [-0.39, 0.29) is 0 Å². The number of halogens is 1. The quantitative estimate of drug-likeness (QED) is 0.335. The van der Waals surface area contributed by atoms with Gasteiger partial charge in [-0.25, -0.2) is 0 Å². The van der Waals surface area contributed by atoms with Gasteiger partial charge in [0.1, 0.15) is 0 Å². The Hall–Kier alpha value is -0.430. The summed E-state index contributed by atoms with van der Waals surface area (Å²) in [6, 6.07) is 0.394. The number of nitrogens with one attached hydrogen (secondary N) is 1. The van der Waals surface area contributed by atoms with Gasteiger partial charge in [0.25, 0.3) is 0 Å². The zero-order valence-electron chi connectivity index (χ0n) is 4.08. The standard InChI is InChI=1S/C5H8ClN/c1-3-5(2)7-4-6/h3,7H,1-2,4H2. The molecule has 0 aliphatic carbocycles. The van der Waals surface area contributed by atoms with Gasteiger partial charge in [-0.3, -0.25) is 0 Å². The molecule has 0 heterocycles. The van der Waals surface area contributed by atoms with Crippen LogP contribution in [0, 0.1) is 0 Å². The highest BCUT2D eigenvalue weighted by atomic mass is 35.5. The van der Waals surface area contributed by atoms with Crippen LogP contribution in [0.25, 0.3) is 0 Å². The lowest BCUT2D eigenvalue weighted by Crippen LogP contribution is -2.06. The Kier molecular flexibility index (Phi) is 3.52. The summed E-state index contributed by atoms with van der Waals surface area (Å²) in [6.45, 7) is 7.01. The number of rotatable bonds is 3. The van der Waals surface area contributed by atoms with Gasteiger partial charge in [-0.15, -0.1) is 11.6 Å². The highest BCUT2D eigenvalue weighted by molar-refractivity contribution is 6.17. The van der Waals surface area contributed by atoms with Gasteiger partial charge in [0.05, 0.1) is 6.00 Å². The van der Waals surface area contributed by atoms with E-state index in [4.69, 9.17) is 11.6 Å². The summed E-state index contributed by atoms with van der Waals surface area (Å²) in [7, 11) is 0. The third-order valence-electron chi connectivity index (χ3n) is 0.540. The fraction of sp³-hybridized carbons (Fsp3) is 0.200. The van der Waals surface area contributed by atoms with E-state index in [1.807, 2.05) is 0 Å². The number of hydrogen-bond acceptors (Lipinski definition) is 1. The van der Waals surface area contributed by atoms with Crippen LogP contribution in [-0.4, -0.2) is 6.00 Å². The Morgan fingerprint density at radius 3 is 2.57 bits per heavy atom. The van der Waals surface area contributed by atoms with E-state index in [0.717, 1.165) is 5.70 Å². The van der Waals surface area contributed by atoms with Crippen molar-refractivity contribution in [3.63, 3.8) is 0 Å². The molecule has 7 heavy (non-hydrogen) atoms. The minimum absolute atomic E-state index is 0.394. The van der Waals surface area contributed by atoms with Crippen molar-refractivity contribution in [2.75, 3.05) is 6.00 Å². The van der Waals surface area contributed by atoms with Crippen LogP contribution < -0.4 is 5.32 Å². The van der Waals surface area contributed by atoms with Gasteiger partial charge >= 0.3 is 0 Å². The highest BCUT2D eigenvalue weighted by Crippen LogP contribution is 1.81. The van der Waals surface area contributed by atoms with Crippen molar-refractivity contribution >= 4 is 11.6 Å². The fourth-order valence-corrected chi connectivity index (χ4v) is 0.330. The van der Waals surface area contributed by atoms with Crippen molar-refractivity contribution in [3.05, 3.63) is 24.9 Å². The molecule has 0 aliphatic rings. The molecule has 0 radical (unpaired) electrons. The monoisotopic (exact) mass is 117 g/mol. The molecule has 40 valence electrons. The zero-order valence-corrected chi connectivity index (χ0v) is 4.83. The summed E-state index contributed by atoms with van der Waals surface area (Å²) in [4.78, 5) is 0. The molecule has 0 atom stereocenters. The van der Waals surface area contributed by atoms with Crippen LogP contribution in [-0.2, 0) is 0 Å². The van der Waals surface area contributed by atoms with Crippen molar-refractivity contribution in [1.82, 2.24) is 5.32 Å². The van der Waals surface area contributed by atoms with Crippen molar-refractivity contribution in [3.8, 4) is 0 Å². The molecule has 0 aromatic rings. The second-order valence-corrected chi connectivity index (χ2v) is 1.31. The molecule has 0 bridgehead atoms. The lowest BCUT2D eigenvalue weighted by atomic mass is 10.5. The zero-order chi connectivity index (χ0) is 5.70. The molecule has 0 aromatic heterocycles. The van der Waals surface area contributed by atoms with Crippen LogP contribution in [0.3, 0.4) is 0 Å². The average Bonchev–Trinajstić information content (AvgIpc) is 1.68. The van der Waals surface area contributed by atoms with Crippen LogP contribution >= 0.6 is 11.6 Å². The fourth-order valence-electron chi connectivity index (χ4n) is 0.158.